The van der Waals surface area contributed by atoms with E-state index in [9.17, 15) is 9.59 Å². The molecule has 0 radical (unpaired) electrons. The Morgan fingerprint density at radius 1 is 1.14 bits per heavy atom. The van der Waals surface area contributed by atoms with Crippen molar-refractivity contribution in [2.75, 3.05) is 31.6 Å². The van der Waals surface area contributed by atoms with Crippen molar-refractivity contribution in [3.8, 4) is 11.5 Å². The van der Waals surface area contributed by atoms with Gasteiger partial charge in [0.15, 0.2) is 11.5 Å². The first kappa shape index (κ1) is 19.6. The highest BCUT2D eigenvalue weighted by atomic mass is 35.5. The number of fused-ring (bicyclic) bond motifs is 1. The molecule has 152 valence electrons. The highest BCUT2D eigenvalue weighted by Crippen LogP contribution is 2.38. The van der Waals surface area contributed by atoms with Gasteiger partial charge in [-0.05, 0) is 42.7 Å². The van der Waals surface area contributed by atoms with Gasteiger partial charge in [-0.2, -0.15) is 0 Å². The molecule has 2 aromatic rings. The minimum Gasteiger partial charge on any atom is -0.486 e. The monoisotopic (exact) mass is 414 g/mol. The number of likely N-dealkylation sites (tertiary alicyclic amines) is 1. The van der Waals surface area contributed by atoms with Gasteiger partial charge in [-0.25, -0.2) is 0 Å². The van der Waals surface area contributed by atoms with Crippen molar-refractivity contribution in [3.05, 3.63) is 53.1 Å². The van der Waals surface area contributed by atoms with Crippen LogP contribution in [0.1, 0.15) is 18.4 Å². The first-order valence-electron chi connectivity index (χ1n) is 9.82. The van der Waals surface area contributed by atoms with E-state index in [0.29, 0.717) is 42.8 Å². The number of para-hydroxylation sites is 1. The van der Waals surface area contributed by atoms with E-state index in [0.717, 1.165) is 24.1 Å². The van der Waals surface area contributed by atoms with Crippen LogP contribution >= 0.6 is 11.6 Å². The number of ether oxygens (including phenoxy) is 2. The van der Waals surface area contributed by atoms with Gasteiger partial charge in [0.2, 0.25) is 11.8 Å². The number of hydrogen-bond donors (Lipinski definition) is 1. The lowest BCUT2D eigenvalue weighted by atomic mass is 9.96. The van der Waals surface area contributed by atoms with Crippen molar-refractivity contribution in [1.82, 2.24) is 4.90 Å². The number of carbonyl (C=O) groups is 2. The predicted octanol–water partition coefficient (Wildman–Crippen LogP) is 3.53. The number of amides is 2. The fraction of sp³-hybridized carbons (Fsp3) is 0.364. The summed E-state index contributed by atoms with van der Waals surface area (Å²) in [7, 11) is 0. The molecule has 0 spiro atoms. The van der Waals surface area contributed by atoms with Gasteiger partial charge in [0, 0.05) is 18.8 Å². The third-order valence-electron chi connectivity index (χ3n) is 5.20. The topological polar surface area (TPSA) is 67.9 Å². The molecule has 1 atom stereocenters. The van der Waals surface area contributed by atoms with Gasteiger partial charge in [0.05, 0.1) is 17.4 Å². The quantitative estimate of drug-likeness (QED) is 0.831. The summed E-state index contributed by atoms with van der Waals surface area (Å²) in [5.41, 5.74) is 1.55. The van der Waals surface area contributed by atoms with Crippen molar-refractivity contribution >= 4 is 29.1 Å². The first-order valence-corrected chi connectivity index (χ1v) is 10.2. The fourth-order valence-electron chi connectivity index (χ4n) is 3.74. The molecule has 2 aliphatic rings. The average Bonchev–Trinajstić information content (AvgIpc) is 2.74. The van der Waals surface area contributed by atoms with E-state index in [1.807, 2.05) is 36.4 Å². The second-order valence-electron chi connectivity index (χ2n) is 7.31. The number of rotatable bonds is 4. The van der Waals surface area contributed by atoms with E-state index in [1.165, 1.54) is 0 Å². The summed E-state index contributed by atoms with van der Waals surface area (Å²) in [6.07, 6.45) is 1.79. The molecule has 2 aromatic carbocycles. The highest BCUT2D eigenvalue weighted by Gasteiger charge is 2.29. The molecule has 0 aromatic heterocycles. The molecule has 2 heterocycles. The van der Waals surface area contributed by atoms with Crippen LogP contribution in [0.15, 0.2) is 42.5 Å². The second kappa shape index (κ2) is 8.74. The SMILES string of the molecule is O=C(Nc1ccccc1)C1CCCN(C(=O)Cc2cc(Cl)c3c(c2)OCCO3)C1. The Labute approximate surface area is 174 Å². The van der Waals surface area contributed by atoms with Crippen molar-refractivity contribution in [3.63, 3.8) is 0 Å². The first-order chi connectivity index (χ1) is 14.1. The zero-order valence-electron chi connectivity index (χ0n) is 16.0. The largest absolute Gasteiger partial charge is 0.486 e. The Balaban J connectivity index is 1.39. The Hall–Kier alpha value is -2.73. The van der Waals surface area contributed by atoms with Crippen molar-refractivity contribution in [2.24, 2.45) is 5.92 Å². The van der Waals surface area contributed by atoms with Crippen LogP contribution in [0, 0.1) is 5.92 Å². The molecule has 0 saturated carbocycles. The van der Waals surface area contributed by atoms with Crippen LogP contribution in [-0.4, -0.2) is 43.0 Å². The summed E-state index contributed by atoms with van der Waals surface area (Å²) in [5.74, 6) is 0.831. The van der Waals surface area contributed by atoms with E-state index >= 15 is 0 Å². The minimum absolute atomic E-state index is 0.0186. The maximum atomic E-state index is 12.9. The number of benzene rings is 2. The van der Waals surface area contributed by atoms with E-state index in [-0.39, 0.29) is 24.2 Å². The summed E-state index contributed by atoms with van der Waals surface area (Å²) < 4.78 is 11.1. The van der Waals surface area contributed by atoms with Gasteiger partial charge in [-0.1, -0.05) is 29.8 Å². The summed E-state index contributed by atoms with van der Waals surface area (Å²) in [6, 6.07) is 12.9. The van der Waals surface area contributed by atoms with Gasteiger partial charge in [0.25, 0.3) is 0 Å². The van der Waals surface area contributed by atoms with Gasteiger partial charge >= 0.3 is 0 Å². The lowest BCUT2D eigenvalue weighted by Crippen LogP contribution is -2.44. The van der Waals surface area contributed by atoms with E-state index in [2.05, 4.69) is 5.32 Å². The number of carbonyl (C=O) groups excluding carboxylic acids is 2. The third-order valence-corrected chi connectivity index (χ3v) is 5.48. The molecule has 1 unspecified atom stereocenters. The van der Waals surface area contributed by atoms with Crippen LogP contribution in [0.3, 0.4) is 0 Å². The van der Waals surface area contributed by atoms with E-state index in [4.69, 9.17) is 21.1 Å². The number of anilines is 1. The van der Waals surface area contributed by atoms with Gasteiger partial charge in [-0.15, -0.1) is 0 Å². The smallest absolute Gasteiger partial charge is 0.229 e. The van der Waals surface area contributed by atoms with Gasteiger partial charge < -0.3 is 19.7 Å². The number of nitrogens with zero attached hydrogens (tertiary/aromatic N) is 1. The molecule has 1 saturated heterocycles. The summed E-state index contributed by atoms with van der Waals surface area (Å²) in [4.78, 5) is 27.2. The summed E-state index contributed by atoms with van der Waals surface area (Å²) in [6.45, 7) is 2.01. The standard InChI is InChI=1S/C22H23ClN2O4/c23-18-11-15(12-19-21(18)29-10-9-28-19)13-20(26)25-8-4-5-16(14-25)22(27)24-17-6-2-1-3-7-17/h1-3,6-7,11-12,16H,4-5,8-10,13-14H2,(H,24,27). The Morgan fingerprint density at radius 3 is 2.76 bits per heavy atom. The molecule has 1 N–H and O–H groups in total. The molecular formula is C22H23ClN2O4. The zero-order valence-corrected chi connectivity index (χ0v) is 16.8. The zero-order chi connectivity index (χ0) is 20.2. The second-order valence-corrected chi connectivity index (χ2v) is 7.72. The molecular weight excluding hydrogens is 392 g/mol. The Morgan fingerprint density at radius 2 is 1.93 bits per heavy atom. The molecule has 4 rings (SSSR count). The van der Waals surface area contributed by atoms with Gasteiger partial charge in [0.1, 0.15) is 13.2 Å². The normalized spacial score (nSPS) is 18.2. The number of nitrogens with one attached hydrogen (secondary N) is 1. The highest BCUT2D eigenvalue weighted by molar-refractivity contribution is 6.32. The maximum absolute atomic E-state index is 12.9. The number of halogens is 1. The molecule has 29 heavy (non-hydrogen) atoms. The van der Waals surface area contributed by atoms with Crippen LogP contribution in [0.25, 0.3) is 0 Å². The van der Waals surface area contributed by atoms with Crippen molar-refractivity contribution in [2.45, 2.75) is 19.3 Å². The Kier molecular flexibility index (Phi) is 5.90. The number of hydrogen-bond acceptors (Lipinski definition) is 4. The van der Waals surface area contributed by atoms with Crippen LogP contribution in [0.2, 0.25) is 5.02 Å². The Bertz CT molecular complexity index is 903. The van der Waals surface area contributed by atoms with Crippen LogP contribution in [0.4, 0.5) is 5.69 Å². The fourth-order valence-corrected chi connectivity index (χ4v) is 4.02. The molecule has 2 amide bonds. The van der Waals surface area contributed by atoms with Crippen molar-refractivity contribution in [1.29, 1.82) is 0 Å². The molecule has 1 fully saturated rings. The van der Waals surface area contributed by atoms with Crippen LogP contribution in [-0.2, 0) is 16.0 Å². The molecule has 7 heteroatoms. The third kappa shape index (κ3) is 4.65. The van der Waals surface area contributed by atoms with E-state index < -0.39 is 0 Å². The lowest BCUT2D eigenvalue weighted by molar-refractivity contribution is -0.133. The van der Waals surface area contributed by atoms with Crippen LogP contribution < -0.4 is 14.8 Å². The lowest BCUT2D eigenvalue weighted by Gasteiger charge is -2.32. The van der Waals surface area contributed by atoms with Crippen molar-refractivity contribution < 1.29 is 19.1 Å². The summed E-state index contributed by atoms with van der Waals surface area (Å²) >= 11 is 6.28. The number of piperidine rings is 1. The van der Waals surface area contributed by atoms with Gasteiger partial charge in [-0.3, -0.25) is 9.59 Å². The predicted molar refractivity (Wildman–Crippen MR) is 111 cm³/mol. The molecule has 0 aliphatic carbocycles. The molecule has 2 aliphatic heterocycles. The molecule has 0 bridgehead atoms. The van der Waals surface area contributed by atoms with E-state index in [1.54, 1.807) is 11.0 Å². The summed E-state index contributed by atoms with van der Waals surface area (Å²) in [5, 5.41) is 3.39. The molecule has 6 nitrogen and oxygen atoms in total. The average molecular weight is 415 g/mol. The van der Waals surface area contributed by atoms with Crippen LogP contribution in [0.5, 0.6) is 11.5 Å². The minimum atomic E-state index is -0.211. The maximum Gasteiger partial charge on any atom is 0.229 e.